The van der Waals surface area contributed by atoms with E-state index in [1.165, 1.54) is 44.9 Å². The van der Waals surface area contributed by atoms with Crippen molar-refractivity contribution in [1.82, 2.24) is 0 Å². The van der Waals surface area contributed by atoms with Gasteiger partial charge in [-0.3, -0.25) is 0 Å². The summed E-state index contributed by atoms with van der Waals surface area (Å²) in [5, 5.41) is 21.7. The quantitative estimate of drug-likeness (QED) is 0.345. The molecule has 0 aliphatic heterocycles. The molecule has 1 rings (SSSR count). The first-order valence-corrected chi connectivity index (χ1v) is 11.4. The van der Waals surface area contributed by atoms with Gasteiger partial charge in [0.05, 0.1) is 5.97 Å². The molecule has 0 heterocycles. The standard InChI is InChI=1S/C25H42O3.K/c1-19(2)13-9-5-7-11-15-21-17-22(24(26)23(18-21)25(27)28)16-12-8-6-10-14-20(3)4;/h17-20,26H,5-16H2,1-4H3,(H,27,28);/q;+1/p-1. The van der Waals surface area contributed by atoms with Crippen LogP contribution in [0.25, 0.3) is 0 Å². The summed E-state index contributed by atoms with van der Waals surface area (Å²) in [4.78, 5) is 11.4. The summed E-state index contributed by atoms with van der Waals surface area (Å²) in [5.41, 5.74) is 1.73. The molecule has 0 atom stereocenters. The molecular weight excluding hydrogens is 387 g/mol. The second-order valence-electron chi connectivity index (χ2n) is 9.13. The topological polar surface area (TPSA) is 60.4 Å². The second-order valence-corrected chi connectivity index (χ2v) is 9.13. The van der Waals surface area contributed by atoms with E-state index in [0.717, 1.165) is 55.1 Å². The average Bonchev–Trinajstić information content (AvgIpc) is 2.62. The van der Waals surface area contributed by atoms with Gasteiger partial charge in [-0.15, -0.1) is 0 Å². The van der Waals surface area contributed by atoms with Crippen molar-refractivity contribution in [3.05, 3.63) is 28.8 Å². The molecular formula is C25H41KO3. The van der Waals surface area contributed by atoms with Gasteiger partial charge >= 0.3 is 51.4 Å². The van der Waals surface area contributed by atoms with Crippen molar-refractivity contribution < 1.29 is 66.4 Å². The van der Waals surface area contributed by atoms with E-state index in [2.05, 4.69) is 27.7 Å². The van der Waals surface area contributed by atoms with Crippen molar-refractivity contribution in [2.24, 2.45) is 11.8 Å². The van der Waals surface area contributed by atoms with Gasteiger partial charge in [-0.05, 0) is 54.7 Å². The van der Waals surface area contributed by atoms with Crippen LogP contribution >= 0.6 is 0 Å². The van der Waals surface area contributed by atoms with Gasteiger partial charge in [-0.2, -0.15) is 0 Å². The molecule has 4 heteroatoms. The zero-order valence-electron chi connectivity index (χ0n) is 19.6. The Morgan fingerprint density at radius 1 is 0.828 bits per heavy atom. The summed E-state index contributed by atoms with van der Waals surface area (Å²) in [6, 6.07) is 3.61. The number of aryl methyl sites for hydroxylation is 2. The average molecular weight is 429 g/mol. The molecule has 0 unspecified atom stereocenters. The molecule has 0 bridgehead atoms. The van der Waals surface area contributed by atoms with E-state index < -0.39 is 5.97 Å². The number of aromatic hydroxyl groups is 1. The maximum atomic E-state index is 11.4. The fourth-order valence-electron chi connectivity index (χ4n) is 3.71. The molecule has 3 nitrogen and oxygen atoms in total. The van der Waals surface area contributed by atoms with Gasteiger partial charge in [0, 0.05) is 5.56 Å². The second kappa shape index (κ2) is 16.8. The minimum atomic E-state index is -1.28. The number of carbonyl (C=O) groups is 1. The van der Waals surface area contributed by atoms with E-state index in [1.807, 2.05) is 6.07 Å². The number of benzene rings is 1. The van der Waals surface area contributed by atoms with Gasteiger partial charge in [0.25, 0.3) is 0 Å². The molecule has 0 amide bonds. The fraction of sp³-hybridized carbons (Fsp3) is 0.720. The van der Waals surface area contributed by atoms with Crippen molar-refractivity contribution in [2.75, 3.05) is 0 Å². The summed E-state index contributed by atoms with van der Waals surface area (Å²) in [7, 11) is 0. The monoisotopic (exact) mass is 428 g/mol. The zero-order chi connectivity index (χ0) is 20.9. The molecule has 0 saturated heterocycles. The van der Waals surface area contributed by atoms with E-state index in [-0.39, 0.29) is 62.7 Å². The number of carboxylic acids is 1. The first kappa shape index (κ1) is 29.1. The first-order valence-electron chi connectivity index (χ1n) is 11.4. The zero-order valence-corrected chi connectivity index (χ0v) is 22.7. The summed E-state index contributed by atoms with van der Waals surface area (Å²) in [5.74, 6) is 0.129. The third kappa shape index (κ3) is 13.2. The Labute approximate surface area is 221 Å². The molecule has 1 aromatic carbocycles. The van der Waals surface area contributed by atoms with E-state index >= 15 is 0 Å². The van der Waals surface area contributed by atoms with E-state index in [0.29, 0.717) is 0 Å². The number of rotatable bonds is 15. The van der Waals surface area contributed by atoms with Gasteiger partial charge in [-0.25, -0.2) is 0 Å². The van der Waals surface area contributed by atoms with Crippen LogP contribution in [-0.4, -0.2) is 11.1 Å². The van der Waals surface area contributed by atoms with E-state index in [4.69, 9.17) is 0 Å². The SMILES string of the molecule is CC(C)CCCCCCc1cc(CCCCCCC(C)C)c(O)c(C(=O)[O-])c1.[K+]. The molecule has 1 aromatic rings. The Morgan fingerprint density at radius 2 is 1.31 bits per heavy atom. The Morgan fingerprint density at radius 3 is 1.79 bits per heavy atom. The summed E-state index contributed by atoms with van der Waals surface area (Å²) >= 11 is 0. The Kier molecular flexibility index (Phi) is 16.8. The number of phenols is 1. The Bertz CT molecular complexity index is 582. The van der Waals surface area contributed by atoms with Gasteiger partial charge in [0.2, 0.25) is 0 Å². The van der Waals surface area contributed by atoms with Crippen LogP contribution in [0.4, 0.5) is 0 Å². The fourth-order valence-corrected chi connectivity index (χ4v) is 3.71. The van der Waals surface area contributed by atoms with Crippen LogP contribution in [0.2, 0.25) is 0 Å². The summed E-state index contributed by atoms with van der Waals surface area (Å²) in [6.45, 7) is 9.00. The number of aromatic carboxylic acids is 1. The third-order valence-electron chi connectivity index (χ3n) is 5.44. The van der Waals surface area contributed by atoms with E-state index in [1.54, 1.807) is 6.07 Å². The number of carboxylic acid groups (broad SMARTS) is 1. The van der Waals surface area contributed by atoms with Gasteiger partial charge in [-0.1, -0.05) is 85.1 Å². The van der Waals surface area contributed by atoms with Crippen molar-refractivity contribution in [3.63, 3.8) is 0 Å². The molecule has 29 heavy (non-hydrogen) atoms. The summed E-state index contributed by atoms with van der Waals surface area (Å²) < 4.78 is 0. The van der Waals surface area contributed by atoms with Crippen LogP contribution in [0.3, 0.4) is 0 Å². The van der Waals surface area contributed by atoms with Crippen molar-refractivity contribution >= 4 is 5.97 Å². The Balaban J connectivity index is 0.00000784. The number of carbonyl (C=O) groups excluding carboxylic acids is 1. The molecule has 0 spiro atoms. The number of unbranched alkanes of at least 4 members (excludes halogenated alkanes) is 6. The van der Waals surface area contributed by atoms with Crippen molar-refractivity contribution in [1.29, 1.82) is 0 Å². The Hall–Kier alpha value is 0.126. The minimum Gasteiger partial charge on any atom is -0.545 e. The number of hydrogen-bond acceptors (Lipinski definition) is 3. The smallest absolute Gasteiger partial charge is 0.545 e. The predicted octanol–water partition coefficient (Wildman–Crippen LogP) is 3.06. The first-order chi connectivity index (χ1) is 13.3. The van der Waals surface area contributed by atoms with Crippen LogP contribution in [0.1, 0.15) is 113 Å². The van der Waals surface area contributed by atoms with Gasteiger partial charge < -0.3 is 15.0 Å². The van der Waals surface area contributed by atoms with Crippen LogP contribution in [0.5, 0.6) is 5.75 Å². The predicted molar refractivity (Wildman–Crippen MR) is 116 cm³/mol. The minimum absolute atomic E-state index is 0. The molecule has 0 saturated carbocycles. The number of hydrogen-bond donors (Lipinski definition) is 1. The van der Waals surface area contributed by atoms with Crippen LogP contribution in [0, 0.1) is 11.8 Å². The summed E-state index contributed by atoms with van der Waals surface area (Å²) in [6.07, 6.45) is 13.4. The molecule has 0 aromatic heterocycles. The largest absolute Gasteiger partial charge is 1.00 e. The third-order valence-corrected chi connectivity index (χ3v) is 5.44. The van der Waals surface area contributed by atoms with E-state index in [9.17, 15) is 15.0 Å². The van der Waals surface area contributed by atoms with Crippen molar-refractivity contribution in [3.8, 4) is 5.75 Å². The van der Waals surface area contributed by atoms with Crippen molar-refractivity contribution in [2.45, 2.75) is 105 Å². The van der Waals surface area contributed by atoms with Crippen LogP contribution < -0.4 is 56.5 Å². The maximum absolute atomic E-state index is 11.4. The maximum Gasteiger partial charge on any atom is 1.00 e. The molecule has 1 N–H and O–H groups in total. The molecule has 0 aliphatic carbocycles. The molecule has 0 fully saturated rings. The molecule has 0 radical (unpaired) electrons. The van der Waals surface area contributed by atoms with Crippen LogP contribution in [-0.2, 0) is 12.8 Å². The van der Waals surface area contributed by atoms with Crippen LogP contribution in [0.15, 0.2) is 12.1 Å². The normalized spacial score (nSPS) is 11.1. The van der Waals surface area contributed by atoms with Gasteiger partial charge in [0.15, 0.2) is 0 Å². The molecule has 160 valence electrons. The molecule has 0 aliphatic rings. The van der Waals surface area contributed by atoms with Gasteiger partial charge in [0.1, 0.15) is 5.75 Å².